The average Bonchev–Trinajstić information content (AvgIpc) is 3.13. The summed E-state index contributed by atoms with van der Waals surface area (Å²) in [6.07, 6.45) is -0.942. The number of likely N-dealkylation sites (N-methyl/N-ethyl adjacent to an activating group) is 1. The molecule has 0 spiro atoms. The Bertz CT molecular complexity index is 1750. The normalized spacial score (nSPS) is 17.1. The first-order valence-corrected chi connectivity index (χ1v) is 17.0. The molecule has 0 saturated heterocycles. The van der Waals surface area contributed by atoms with Crippen molar-refractivity contribution in [3.63, 3.8) is 0 Å². The second-order valence-corrected chi connectivity index (χ2v) is 15.4. The molecule has 0 radical (unpaired) electrons. The zero-order valence-electron chi connectivity index (χ0n) is 22.4. The predicted molar refractivity (Wildman–Crippen MR) is 168 cm³/mol. The minimum absolute atomic E-state index is 0.0492. The number of aliphatic imine (C=N–C) groups is 1. The number of benzene rings is 4. The van der Waals surface area contributed by atoms with Crippen molar-refractivity contribution in [1.82, 2.24) is 0 Å². The lowest BCUT2D eigenvalue weighted by Crippen LogP contribution is -2.24. The Morgan fingerprint density at radius 1 is 0.900 bits per heavy atom. The third-order valence-corrected chi connectivity index (χ3v) is 11.2. The van der Waals surface area contributed by atoms with E-state index in [1.165, 1.54) is 23.4 Å². The van der Waals surface area contributed by atoms with Crippen molar-refractivity contribution < 1.29 is 12.9 Å². The fourth-order valence-corrected chi connectivity index (χ4v) is 8.41. The Hall–Kier alpha value is -3.55. The molecule has 0 aliphatic carbocycles. The number of anilines is 1. The van der Waals surface area contributed by atoms with Gasteiger partial charge in [-0.1, -0.05) is 62.4 Å². The summed E-state index contributed by atoms with van der Waals surface area (Å²) in [5.41, 5.74) is 4.82. The molecule has 5 rings (SSSR count). The van der Waals surface area contributed by atoms with Crippen LogP contribution in [-0.2, 0) is 27.2 Å². The molecule has 0 fully saturated rings. The van der Waals surface area contributed by atoms with Crippen LogP contribution in [0.4, 0.5) is 11.4 Å². The molecule has 1 atom stereocenters. The van der Waals surface area contributed by atoms with Crippen LogP contribution in [0.5, 0.6) is 5.75 Å². The van der Waals surface area contributed by atoms with E-state index < -0.39 is 16.3 Å². The van der Waals surface area contributed by atoms with Crippen molar-refractivity contribution in [2.45, 2.75) is 24.2 Å². The van der Waals surface area contributed by atoms with Gasteiger partial charge >= 0.3 is 0 Å². The van der Waals surface area contributed by atoms with E-state index in [0.717, 1.165) is 16.6 Å². The maximum atomic E-state index is 11.5. The highest BCUT2D eigenvalue weighted by Crippen LogP contribution is 2.55. The van der Waals surface area contributed by atoms with Gasteiger partial charge in [-0.05, 0) is 77.5 Å². The first-order chi connectivity index (χ1) is 19.0. The van der Waals surface area contributed by atoms with Crippen LogP contribution in [0.25, 0.3) is 0 Å². The van der Waals surface area contributed by atoms with E-state index >= 15 is 0 Å². The number of nitrogens with zero attached hydrogens (tertiary/aromatic N) is 2. The second kappa shape index (κ2) is 10.8. The van der Waals surface area contributed by atoms with Gasteiger partial charge < -0.3 is 9.42 Å². The summed E-state index contributed by atoms with van der Waals surface area (Å²) in [5, 5.41) is 6.14. The average molecular weight is 588 g/mol. The van der Waals surface area contributed by atoms with Gasteiger partial charge in [0.1, 0.15) is 5.75 Å². The SMILES string of the molecule is CN1/C(=C\P(=S)(Oc2ccc(C=Nc3ccc(S(N)(=O)=O)cc3)cc2)c2ccccc2)C(C)(C)c2ccccc21. The first kappa shape index (κ1) is 28.0. The number of rotatable bonds is 7. The molecule has 1 aliphatic heterocycles. The van der Waals surface area contributed by atoms with Gasteiger partial charge in [0.05, 0.1) is 10.6 Å². The third kappa shape index (κ3) is 5.67. The van der Waals surface area contributed by atoms with Crippen molar-refractivity contribution in [3.8, 4) is 5.75 Å². The molecule has 2 N–H and O–H groups in total. The summed E-state index contributed by atoms with van der Waals surface area (Å²) in [4.78, 5) is 6.70. The lowest BCUT2D eigenvalue weighted by Gasteiger charge is -2.28. The number of nitrogens with two attached hydrogens (primary N) is 1. The highest BCUT2D eigenvalue weighted by atomic mass is 32.4. The number of hydrogen-bond donors (Lipinski definition) is 1. The lowest BCUT2D eigenvalue weighted by atomic mass is 9.84. The molecule has 1 aliphatic rings. The van der Waals surface area contributed by atoms with Gasteiger partial charge in [-0.2, -0.15) is 0 Å². The molecule has 0 aromatic heterocycles. The van der Waals surface area contributed by atoms with Gasteiger partial charge in [0, 0.05) is 41.2 Å². The fraction of sp³-hybridized carbons (Fsp3) is 0.129. The van der Waals surface area contributed by atoms with Gasteiger partial charge in [0.2, 0.25) is 10.0 Å². The van der Waals surface area contributed by atoms with Crippen LogP contribution in [0.15, 0.2) is 125 Å². The summed E-state index contributed by atoms with van der Waals surface area (Å²) >= 11 is 6.35. The minimum atomic E-state index is -3.74. The number of allylic oxidation sites excluding steroid dienone is 1. The van der Waals surface area contributed by atoms with E-state index in [0.29, 0.717) is 11.4 Å². The van der Waals surface area contributed by atoms with Crippen LogP contribution < -0.4 is 19.9 Å². The zero-order valence-corrected chi connectivity index (χ0v) is 25.0. The van der Waals surface area contributed by atoms with Crippen molar-refractivity contribution in [2.24, 2.45) is 10.1 Å². The van der Waals surface area contributed by atoms with Gasteiger partial charge in [-0.25, -0.2) is 13.6 Å². The number of hydrogen-bond acceptors (Lipinski definition) is 6. The maximum absolute atomic E-state index is 11.5. The van der Waals surface area contributed by atoms with E-state index in [4.69, 9.17) is 21.5 Å². The number of fused-ring (bicyclic) bond motifs is 1. The summed E-state index contributed by atoms with van der Waals surface area (Å²) in [6.45, 7) is 4.45. The van der Waals surface area contributed by atoms with E-state index in [1.807, 2.05) is 54.6 Å². The molecule has 204 valence electrons. The largest absolute Gasteiger partial charge is 0.458 e. The van der Waals surface area contributed by atoms with Crippen molar-refractivity contribution in [1.29, 1.82) is 0 Å². The Morgan fingerprint density at radius 3 is 2.15 bits per heavy atom. The van der Waals surface area contributed by atoms with E-state index in [-0.39, 0.29) is 10.3 Å². The Morgan fingerprint density at radius 2 is 1.52 bits per heavy atom. The molecular weight excluding hydrogens is 557 g/mol. The summed E-state index contributed by atoms with van der Waals surface area (Å²) in [7, 11) is -1.65. The number of para-hydroxylation sites is 1. The van der Waals surface area contributed by atoms with Gasteiger partial charge in [0.25, 0.3) is 0 Å². The molecule has 1 heterocycles. The second-order valence-electron chi connectivity index (χ2n) is 10.1. The summed E-state index contributed by atoms with van der Waals surface area (Å²) < 4.78 is 29.6. The van der Waals surface area contributed by atoms with Crippen molar-refractivity contribution >= 4 is 51.0 Å². The smallest absolute Gasteiger partial charge is 0.238 e. The Balaban J connectivity index is 1.43. The fourth-order valence-electron chi connectivity index (χ4n) is 4.82. The van der Waals surface area contributed by atoms with Gasteiger partial charge in [0.15, 0.2) is 6.26 Å². The topological polar surface area (TPSA) is 85.0 Å². The van der Waals surface area contributed by atoms with Gasteiger partial charge in [-0.15, -0.1) is 0 Å². The molecule has 1 unspecified atom stereocenters. The van der Waals surface area contributed by atoms with E-state index in [2.05, 4.69) is 60.9 Å². The van der Waals surface area contributed by atoms with Crippen LogP contribution in [0.1, 0.15) is 25.0 Å². The predicted octanol–water partition coefficient (Wildman–Crippen LogP) is 6.45. The van der Waals surface area contributed by atoms with Crippen molar-refractivity contribution in [2.75, 3.05) is 11.9 Å². The summed E-state index contributed by atoms with van der Waals surface area (Å²) in [6, 6.07) is 32.2. The van der Waals surface area contributed by atoms with Crippen LogP contribution in [0, 0.1) is 0 Å². The molecule has 6 nitrogen and oxygen atoms in total. The van der Waals surface area contributed by atoms with Gasteiger partial charge in [-0.3, -0.25) is 4.99 Å². The standard InChI is InChI=1S/C31H30N3O3PS2/c1-31(2)28-11-7-8-12-29(28)34(3)30(31)22-38(39,26-9-5-4-6-10-26)37-25-17-13-23(14-18-25)21-33-24-15-19-27(20-16-24)40(32,35)36/h4-22H,1-3H3,(H2,32,35,36)/b30-22-,33-21?. The van der Waals surface area contributed by atoms with Crippen LogP contribution in [0.3, 0.4) is 0 Å². The summed E-state index contributed by atoms with van der Waals surface area (Å²) in [5.74, 6) is 2.84. The molecule has 4 aromatic rings. The Kier molecular flexibility index (Phi) is 7.55. The molecule has 0 bridgehead atoms. The molecule has 4 aromatic carbocycles. The van der Waals surface area contributed by atoms with Crippen LogP contribution >= 0.6 is 6.26 Å². The molecular formula is C31H30N3O3PS2. The maximum Gasteiger partial charge on any atom is 0.238 e. The number of primary sulfonamides is 1. The van der Waals surface area contributed by atoms with E-state index in [9.17, 15) is 8.42 Å². The molecule has 9 heteroatoms. The molecule has 0 amide bonds. The van der Waals surface area contributed by atoms with E-state index in [1.54, 1.807) is 18.3 Å². The van der Waals surface area contributed by atoms with Crippen molar-refractivity contribution in [3.05, 3.63) is 126 Å². The lowest BCUT2D eigenvalue weighted by molar-refractivity contribution is 0.598. The highest BCUT2D eigenvalue weighted by molar-refractivity contribution is 8.17. The molecule has 0 saturated carbocycles. The van der Waals surface area contributed by atoms with Crippen LogP contribution in [-0.4, -0.2) is 21.7 Å². The molecule has 40 heavy (non-hydrogen) atoms. The quantitative estimate of drug-likeness (QED) is 0.198. The highest BCUT2D eigenvalue weighted by Gasteiger charge is 2.40. The number of sulfonamides is 1. The third-order valence-electron chi connectivity index (χ3n) is 7.00. The zero-order chi connectivity index (χ0) is 28.5. The van der Waals surface area contributed by atoms with Crippen LogP contribution in [0.2, 0.25) is 0 Å². The Labute approximate surface area is 241 Å². The minimum Gasteiger partial charge on any atom is -0.458 e. The monoisotopic (exact) mass is 587 g/mol. The first-order valence-electron chi connectivity index (χ1n) is 12.7.